The van der Waals surface area contributed by atoms with Crippen LogP contribution < -0.4 is 10.2 Å². The molecule has 4 aromatic rings. The van der Waals surface area contributed by atoms with Gasteiger partial charge in [0, 0.05) is 24.2 Å². The van der Waals surface area contributed by atoms with Crippen LogP contribution >= 0.6 is 0 Å². The summed E-state index contributed by atoms with van der Waals surface area (Å²) in [7, 11) is 0. The molecular formula is C27H24N4O2. The van der Waals surface area contributed by atoms with Gasteiger partial charge in [-0.1, -0.05) is 54.6 Å². The first-order chi connectivity index (χ1) is 16.2. The summed E-state index contributed by atoms with van der Waals surface area (Å²) in [6.07, 6.45) is 3.29. The number of nitrogens with one attached hydrogen (secondary N) is 1. The van der Waals surface area contributed by atoms with Crippen molar-refractivity contribution in [2.24, 2.45) is 0 Å². The van der Waals surface area contributed by atoms with Gasteiger partial charge in [-0.05, 0) is 43.5 Å². The molecule has 33 heavy (non-hydrogen) atoms. The minimum atomic E-state index is -0.373. The Hall–Kier alpha value is -4.06. The van der Waals surface area contributed by atoms with E-state index in [2.05, 4.69) is 15.2 Å². The summed E-state index contributed by atoms with van der Waals surface area (Å²) in [5, 5.41) is 2.93. The minimum absolute atomic E-state index is 0.146. The highest BCUT2D eigenvalue weighted by Crippen LogP contribution is 2.26. The van der Waals surface area contributed by atoms with Crippen molar-refractivity contribution in [1.29, 1.82) is 0 Å². The van der Waals surface area contributed by atoms with Gasteiger partial charge in [-0.15, -0.1) is 0 Å². The summed E-state index contributed by atoms with van der Waals surface area (Å²) in [6, 6.07) is 23.7. The van der Waals surface area contributed by atoms with Gasteiger partial charge in [-0.3, -0.25) is 9.59 Å². The number of hydrogen-bond donors (Lipinski definition) is 1. The maximum atomic E-state index is 13.5. The third kappa shape index (κ3) is 4.32. The topological polar surface area (TPSA) is 75.2 Å². The van der Waals surface area contributed by atoms with Crippen molar-refractivity contribution in [2.45, 2.75) is 19.3 Å². The molecule has 0 atom stereocenters. The molecule has 0 aliphatic carbocycles. The summed E-state index contributed by atoms with van der Waals surface area (Å²) in [6.45, 7) is 1.69. The standard InChI is InChI=1S/C27H24N4O2/c32-25(19-11-3-1-4-12-19)20-13-5-6-14-21(20)30-27(33)24-26(31-17-9-2-10-18-31)29-23-16-8-7-15-22(23)28-24/h1,3-8,11-16H,2,9-10,17-18H2,(H,30,33). The van der Waals surface area contributed by atoms with Crippen molar-refractivity contribution in [1.82, 2.24) is 9.97 Å². The number of para-hydroxylation sites is 3. The van der Waals surface area contributed by atoms with Crippen LogP contribution in [0.2, 0.25) is 0 Å². The number of carbonyl (C=O) groups excluding carboxylic acids is 2. The molecule has 1 fully saturated rings. The van der Waals surface area contributed by atoms with Crippen LogP contribution in [0.15, 0.2) is 78.9 Å². The summed E-state index contributed by atoms with van der Waals surface area (Å²) >= 11 is 0. The monoisotopic (exact) mass is 436 g/mol. The van der Waals surface area contributed by atoms with Crippen molar-refractivity contribution >= 4 is 34.2 Å². The van der Waals surface area contributed by atoms with Crippen molar-refractivity contribution in [2.75, 3.05) is 23.3 Å². The molecule has 2 heterocycles. The molecular weight excluding hydrogens is 412 g/mol. The molecule has 5 rings (SSSR count). The first-order valence-corrected chi connectivity index (χ1v) is 11.2. The van der Waals surface area contributed by atoms with E-state index in [0.717, 1.165) is 31.4 Å². The van der Waals surface area contributed by atoms with E-state index in [1.807, 2.05) is 42.5 Å². The Morgan fingerprint density at radius 2 is 1.36 bits per heavy atom. The molecule has 1 aromatic heterocycles. The second-order valence-corrected chi connectivity index (χ2v) is 8.13. The minimum Gasteiger partial charge on any atom is -0.355 e. The summed E-state index contributed by atoms with van der Waals surface area (Å²) < 4.78 is 0. The molecule has 164 valence electrons. The van der Waals surface area contributed by atoms with Gasteiger partial charge in [0.15, 0.2) is 17.3 Å². The Morgan fingerprint density at radius 3 is 2.12 bits per heavy atom. The van der Waals surface area contributed by atoms with Gasteiger partial charge < -0.3 is 10.2 Å². The van der Waals surface area contributed by atoms with Gasteiger partial charge in [0.1, 0.15) is 0 Å². The fraction of sp³-hybridized carbons (Fsp3) is 0.185. The number of ketones is 1. The van der Waals surface area contributed by atoms with E-state index in [1.54, 1.807) is 36.4 Å². The SMILES string of the molecule is O=C(c1ccccc1)c1ccccc1NC(=O)c1nc2ccccc2nc1N1CCCCC1. The highest BCUT2D eigenvalue weighted by Gasteiger charge is 2.24. The third-order valence-corrected chi connectivity index (χ3v) is 5.88. The number of hydrogen-bond acceptors (Lipinski definition) is 5. The van der Waals surface area contributed by atoms with Crippen LogP contribution in [0.25, 0.3) is 11.0 Å². The Balaban J connectivity index is 1.52. The van der Waals surface area contributed by atoms with Crippen molar-refractivity contribution < 1.29 is 9.59 Å². The van der Waals surface area contributed by atoms with E-state index < -0.39 is 0 Å². The highest BCUT2D eigenvalue weighted by atomic mass is 16.2. The number of anilines is 2. The number of rotatable bonds is 5. The summed E-state index contributed by atoms with van der Waals surface area (Å²) in [5.74, 6) is 0.0762. The largest absolute Gasteiger partial charge is 0.355 e. The Morgan fingerprint density at radius 1 is 0.727 bits per heavy atom. The lowest BCUT2D eigenvalue weighted by Gasteiger charge is -2.29. The first-order valence-electron chi connectivity index (χ1n) is 11.2. The molecule has 6 nitrogen and oxygen atoms in total. The number of piperidine rings is 1. The predicted octanol–water partition coefficient (Wildman–Crippen LogP) is 5.10. The maximum absolute atomic E-state index is 13.5. The lowest BCUT2D eigenvalue weighted by atomic mass is 10.0. The van der Waals surface area contributed by atoms with Crippen LogP contribution in [-0.4, -0.2) is 34.7 Å². The zero-order valence-corrected chi connectivity index (χ0v) is 18.2. The van der Waals surface area contributed by atoms with Crippen LogP contribution in [0.1, 0.15) is 45.7 Å². The molecule has 0 unspecified atom stereocenters. The molecule has 1 saturated heterocycles. The second kappa shape index (κ2) is 9.20. The second-order valence-electron chi connectivity index (χ2n) is 8.13. The van der Waals surface area contributed by atoms with E-state index >= 15 is 0 Å². The van der Waals surface area contributed by atoms with Crippen molar-refractivity contribution in [3.63, 3.8) is 0 Å². The van der Waals surface area contributed by atoms with E-state index in [9.17, 15) is 9.59 Å². The van der Waals surface area contributed by atoms with Gasteiger partial charge in [0.25, 0.3) is 5.91 Å². The predicted molar refractivity (Wildman–Crippen MR) is 130 cm³/mol. The third-order valence-electron chi connectivity index (χ3n) is 5.88. The zero-order valence-electron chi connectivity index (χ0n) is 18.2. The van der Waals surface area contributed by atoms with Crippen LogP contribution in [0.4, 0.5) is 11.5 Å². The van der Waals surface area contributed by atoms with E-state index in [-0.39, 0.29) is 17.4 Å². The molecule has 6 heteroatoms. The number of nitrogens with zero attached hydrogens (tertiary/aromatic N) is 3. The fourth-order valence-electron chi connectivity index (χ4n) is 4.19. The lowest BCUT2D eigenvalue weighted by Crippen LogP contribution is -2.33. The maximum Gasteiger partial charge on any atom is 0.278 e. The van der Waals surface area contributed by atoms with E-state index in [0.29, 0.717) is 28.1 Å². The van der Waals surface area contributed by atoms with Crippen LogP contribution in [-0.2, 0) is 0 Å². The van der Waals surface area contributed by atoms with Crippen LogP contribution in [0.5, 0.6) is 0 Å². The smallest absolute Gasteiger partial charge is 0.278 e. The number of fused-ring (bicyclic) bond motifs is 1. The molecule has 0 spiro atoms. The van der Waals surface area contributed by atoms with Crippen LogP contribution in [0, 0.1) is 0 Å². The van der Waals surface area contributed by atoms with Gasteiger partial charge >= 0.3 is 0 Å². The van der Waals surface area contributed by atoms with Crippen LogP contribution in [0.3, 0.4) is 0 Å². The average molecular weight is 437 g/mol. The molecule has 1 aliphatic rings. The first kappa shape index (κ1) is 20.8. The highest BCUT2D eigenvalue weighted by molar-refractivity contribution is 6.15. The molecule has 3 aromatic carbocycles. The fourth-order valence-corrected chi connectivity index (χ4v) is 4.19. The average Bonchev–Trinajstić information content (AvgIpc) is 2.89. The lowest BCUT2D eigenvalue weighted by molar-refractivity contribution is 0.102. The Bertz CT molecular complexity index is 1310. The van der Waals surface area contributed by atoms with Gasteiger partial charge in [-0.2, -0.15) is 0 Å². The molecule has 1 amide bonds. The van der Waals surface area contributed by atoms with Crippen molar-refractivity contribution in [3.8, 4) is 0 Å². The van der Waals surface area contributed by atoms with E-state index in [1.165, 1.54) is 6.42 Å². The molecule has 1 N–H and O–H groups in total. The normalized spacial score (nSPS) is 13.6. The summed E-state index contributed by atoms with van der Waals surface area (Å²) in [5.41, 5.74) is 3.16. The van der Waals surface area contributed by atoms with Gasteiger partial charge in [0.05, 0.1) is 16.7 Å². The van der Waals surface area contributed by atoms with Gasteiger partial charge in [0.2, 0.25) is 0 Å². The zero-order chi connectivity index (χ0) is 22.6. The molecule has 0 bridgehead atoms. The quantitative estimate of drug-likeness (QED) is 0.441. The van der Waals surface area contributed by atoms with Gasteiger partial charge in [-0.25, -0.2) is 9.97 Å². The Kier molecular flexibility index (Phi) is 5.81. The molecule has 0 saturated carbocycles. The number of aromatic nitrogens is 2. The number of amides is 1. The van der Waals surface area contributed by atoms with E-state index in [4.69, 9.17) is 4.98 Å². The van der Waals surface area contributed by atoms with Crippen molar-refractivity contribution in [3.05, 3.63) is 95.7 Å². The number of carbonyl (C=O) groups is 2. The molecule has 0 radical (unpaired) electrons. The Labute approximate surface area is 192 Å². The summed E-state index contributed by atoms with van der Waals surface area (Å²) in [4.78, 5) is 38.2. The molecule has 1 aliphatic heterocycles. The number of benzene rings is 3.